The number of carbonyl (C=O) groups excluding carboxylic acids is 2. The Labute approximate surface area is 148 Å². The Morgan fingerprint density at radius 1 is 1.12 bits per heavy atom. The van der Waals surface area contributed by atoms with E-state index >= 15 is 0 Å². The number of amides is 2. The fraction of sp³-hybridized carbons (Fsp3) is 0.471. The van der Waals surface area contributed by atoms with Gasteiger partial charge in [-0.05, 0) is 37.1 Å². The van der Waals surface area contributed by atoms with Gasteiger partial charge in [0, 0.05) is 5.56 Å². The number of rotatable bonds is 7. The maximum atomic E-state index is 12.5. The molecule has 0 bridgehead atoms. The summed E-state index contributed by atoms with van der Waals surface area (Å²) in [4.78, 5) is 34.9. The van der Waals surface area contributed by atoms with E-state index < -0.39 is 41.6 Å². The Kier molecular flexibility index (Phi) is 6.77. The van der Waals surface area contributed by atoms with Crippen LogP contribution in [-0.4, -0.2) is 35.0 Å². The second-order valence-electron chi connectivity index (χ2n) is 6.45. The average Bonchev–Trinajstić information content (AvgIpc) is 2.50. The van der Waals surface area contributed by atoms with Gasteiger partial charge in [0.1, 0.15) is 0 Å². The van der Waals surface area contributed by atoms with Gasteiger partial charge in [-0.15, -0.1) is 0 Å². The summed E-state index contributed by atoms with van der Waals surface area (Å²) in [7, 11) is 0. The van der Waals surface area contributed by atoms with Crippen molar-refractivity contribution in [2.45, 2.75) is 38.9 Å². The van der Waals surface area contributed by atoms with Crippen LogP contribution >= 0.6 is 0 Å². The molecule has 1 rings (SSSR count). The van der Waals surface area contributed by atoms with Crippen molar-refractivity contribution in [2.75, 3.05) is 6.54 Å². The molecule has 9 heteroatoms. The number of hydrogen-bond donors (Lipinski definition) is 3. The van der Waals surface area contributed by atoms with Crippen LogP contribution in [0.15, 0.2) is 24.3 Å². The summed E-state index contributed by atoms with van der Waals surface area (Å²) in [5.41, 5.74) is -1.90. The molecule has 0 aliphatic rings. The molecule has 0 spiro atoms. The van der Waals surface area contributed by atoms with Crippen molar-refractivity contribution in [3.63, 3.8) is 0 Å². The molecule has 0 aliphatic heterocycles. The third kappa shape index (κ3) is 6.05. The van der Waals surface area contributed by atoms with E-state index in [9.17, 15) is 27.6 Å². The molecule has 26 heavy (non-hydrogen) atoms. The zero-order chi connectivity index (χ0) is 20.1. The Bertz CT molecular complexity index is 672. The molecule has 1 atom stereocenters. The van der Waals surface area contributed by atoms with E-state index in [1.807, 2.05) is 0 Å². The lowest BCUT2D eigenvalue weighted by atomic mass is 9.85. The molecular formula is C17H21F3N2O4. The summed E-state index contributed by atoms with van der Waals surface area (Å²) in [6.45, 7) is 4.66. The van der Waals surface area contributed by atoms with Crippen molar-refractivity contribution in [2.24, 2.45) is 5.92 Å². The van der Waals surface area contributed by atoms with Crippen LogP contribution in [0, 0.1) is 5.92 Å². The van der Waals surface area contributed by atoms with E-state index in [1.54, 1.807) is 20.8 Å². The van der Waals surface area contributed by atoms with Gasteiger partial charge >= 0.3 is 12.1 Å². The van der Waals surface area contributed by atoms with E-state index in [0.29, 0.717) is 0 Å². The summed E-state index contributed by atoms with van der Waals surface area (Å²) in [5.74, 6) is -2.55. The molecule has 1 unspecified atom stereocenters. The molecule has 0 fully saturated rings. The van der Waals surface area contributed by atoms with Crippen LogP contribution in [0.2, 0.25) is 0 Å². The van der Waals surface area contributed by atoms with Crippen molar-refractivity contribution < 1.29 is 32.7 Å². The third-order valence-electron chi connectivity index (χ3n) is 4.10. The minimum absolute atomic E-state index is 0.0250. The number of carbonyl (C=O) groups is 3. The van der Waals surface area contributed by atoms with E-state index in [2.05, 4.69) is 10.6 Å². The lowest BCUT2D eigenvalue weighted by molar-refractivity contribution is -0.140. The fourth-order valence-electron chi connectivity index (χ4n) is 2.14. The summed E-state index contributed by atoms with van der Waals surface area (Å²) >= 11 is 0. The van der Waals surface area contributed by atoms with Gasteiger partial charge in [-0.1, -0.05) is 13.8 Å². The van der Waals surface area contributed by atoms with Crippen LogP contribution in [0.1, 0.15) is 43.1 Å². The number of benzene rings is 1. The van der Waals surface area contributed by atoms with E-state index in [4.69, 9.17) is 5.11 Å². The van der Waals surface area contributed by atoms with Gasteiger partial charge in [0.15, 0.2) is 0 Å². The summed E-state index contributed by atoms with van der Waals surface area (Å²) in [6, 6.07) is 3.58. The highest BCUT2D eigenvalue weighted by molar-refractivity contribution is 5.96. The zero-order valence-electron chi connectivity index (χ0n) is 14.6. The maximum Gasteiger partial charge on any atom is 0.416 e. The highest BCUT2D eigenvalue weighted by Crippen LogP contribution is 2.29. The minimum atomic E-state index is -4.50. The van der Waals surface area contributed by atoms with Crippen molar-refractivity contribution in [3.8, 4) is 0 Å². The fourth-order valence-corrected chi connectivity index (χ4v) is 2.14. The highest BCUT2D eigenvalue weighted by atomic mass is 19.4. The lowest BCUT2D eigenvalue weighted by Crippen LogP contribution is -2.53. The summed E-state index contributed by atoms with van der Waals surface area (Å²) < 4.78 is 37.5. The lowest BCUT2D eigenvalue weighted by Gasteiger charge is -2.33. The van der Waals surface area contributed by atoms with E-state index in [1.165, 1.54) is 0 Å². The minimum Gasteiger partial charge on any atom is -0.481 e. The first kappa shape index (κ1) is 21.5. The van der Waals surface area contributed by atoms with Gasteiger partial charge in [-0.2, -0.15) is 13.2 Å². The van der Waals surface area contributed by atoms with E-state index in [-0.39, 0.29) is 17.9 Å². The second-order valence-corrected chi connectivity index (χ2v) is 6.45. The number of alkyl halides is 3. The SMILES string of the molecule is CC(C)C(C)(CC(=O)O)NC(=O)CNC(=O)c1ccc(C(F)(F)F)cc1. The molecule has 0 aliphatic carbocycles. The summed E-state index contributed by atoms with van der Waals surface area (Å²) in [6.07, 6.45) is -4.79. The molecule has 0 aromatic heterocycles. The summed E-state index contributed by atoms with van der Waals surface area (Å²) in [5, 5.41) is 13.8. The van der Waals surface area contributed by atoms with Gasteiger partial charge in [-0.25, -0.2) is 0 Å². The highest BCUT2D eigenvalue weighted by Gasteiger charge is 2.33. The van der Waals surface area contributed by atoms with Crippen LogP contribution in [0.5, 0.6) is 0 Å². The molecule has 144 valence electrons. The predicted molar refractivity (Wildman–Crippen MR) is 87.4 cm³/mol. The van der Waals surface area contributed by atoms with Crippen molar-refractivity contribution in [3.05, 3.63) is 35.4 Å². The maximum absolute atomic E-state index is 12.5. The standard InChI is InChI=1S/C17H21F3N2O4/c1-10(2)16(3,8-14(24)25)22-13(23)9-21-15(26)11-4-6-12(7-5-11)17(18,19)20/h4-7,10H,8-9H2,1-3H3,(H,21,26)(H,22,23)(H,24,25). The predicted octanol–water partition coefficient (Wildman–Crippen LogP) is 2.44. The van der Waals surface area contributed by atoms with Gasteiger partial charge in [0.05, 0.1) is 24.1 Å². The number of carboxylic acids is 1. The molecule has 2 amide bonds. The van der Waals surface area contributed by atoms with E-state index in [0.717, 1.165) is 24.3 Å². The first-order valence-electron chi connectivity index (χ1n) is 7.83. The first-order chi connectivity index (χ1) is 11.8. The molecule has 0 heterocycles. The topological polar surface area (TPSA) is 95.5 Å². The Hall–Kier alpha value is -2.58. The van der Waals surface area contributed by atoms with Crippen LogP contribution in [0.3, 0.4) is 0 Å². The Morgan fingerprint density at radius 3 is 2.08 bits per heavy atom. The van der Waals surface area contributed by atoms with Gasteiger partial charge in [0.2, 0.25) is 5.91 Å². The molecule has 0 saturated heterocycles. The van der Waals surface area contributed by atoms with Crippen LogP contribution in [0.25, 0.3) is 0 Å². The monoisotopic (exact) mass is 374 g/mol. The van der Waals surface area contributed by atoms with Crippen LogP contribution in [-0.2, 0) is 15.8 Å². The molecule has 6 nitrogen and oxygen atoms in total. The van der Waals surface area contributed by atoms with Gasteiger partial charge in [0.25, 0.3) is 5.91 Å². The number of hydrogen-bond acceptors (Lipinski definition) is 3. The van der Waals surface area contributed by atoms with Crippen molar-refractivity contribution in [1.29, 1.82) is 0 Å². The second kappa shape index (κ2) is 8.20. The molecule has 1 aromatic carbocycles. The van der Waals surface area contributed by atoms with Gasteiger partial charge in [-0.3, -0.25) is 14.4 Å². The molecule has 3 N–H and O–H groups in total. The number of aliphatic carboxylic acids is 1. The molecule has 1 aromatic rings. The quantitative estimate of drug-likeness (QED) is 0.683. The normalized spacial score (nSPS) is 13.8. The molecule has 0 saturated carbocycles. The first-order valence-corrected chi connectivity index (χ1v) is 7.83. The number of nitrogens with one attached hydrogen (secondary N) is 2. The largest absolute Gasteiger partial charge is 0.481 e. The number of carboxylic acid groups (broad SMARTS) is 1. The average molecular weight is 374 g/mol. The van der Waals surface area contributed by atoms with Crippen molar-refractivity contribution in [1.82, 2.24) is 10.6 Å². The zero-order valence-corrected chi connectivity index (χ0v) is 14.6. The van der Waals surface area contributed by atoms with Crippen LogP contribution in [0.4, 0.5) is 13.2 Å². The van der Waals surface area contributed by atoms with Crippen LogP contribution < -0.4 is 10.6 Å². The molecular weight excluding hydrogens is 353 g/mol. The Morgan fingerprint density at radius 2 is 1.65 bits per heavy atom. The number of halogens is 3. The smallest absolute Gasteiger partial charge is 0.416 e. The van der Waals surface area contributed by atoms with Crippen molar-refractivity contribution >= 4 is 17.8 Å². The Balaban J connectivity index is 2.66. The third-order valence-corrected chi connectivity index (χ3v) is 4.10. The van der Waals surface area contributed by atoms with Gasteiger partial charge < -0.3 is 15.7 Å². The molecule has 0 radical (unpaired) electrons.